The van der Waals surface area contributed by atoms with Gasteiger partial charge in [0, 0.05) is 7.11 Å². The van der Waals surface area contributed by atoms with E-state index < -0.39 is 10.1 Å². The molecule has 0 aromatic heterocycles. The Morgan fingerprint density at radius 1 is 1.21 bits per heavy atom. The average molecular weight is 284 g/mol. The van der Waals surface area contributed by atoms with Crippen molar-refractivity contribution in [2.75, 3.05) is 7.11 Å². The van der Waals surface area contributed by atoms with Crippen LogP contribution in [0.1, 0.15) is 42.7 Å². The summed E-state index contributed by atoms with van der Waals surface area (Å²) in [6, 6.07) is 5.09. The molecule has 19 heavy (non-hydrogen) atoms. The van der Waals surface area contributed by atoms with E-state index in [4.69, 9.17) is 4.74 Å². The SMILES string of the molecule is CO[C@H]1CC[C@@H](c2cc(C)ccc2S(=O)(=O)O)CC1. The fraction of sp³-hybridized carbons (Fsp3) is 0.571. The second-order valence-electron chi connectivity index (χ2n) is 5.23. The summed E-state index contributed by atoms with van der Waals surface area (Å²) >= 11 is 0. The number of methoxy groups -OCH3 is 1. The lowest BCUT2D eigenvalue weighted by Crippen LogP contribution is -2.20. The zero-order valence-corrected chi connectivity index (χ0v) is 12.1. The Morgan fingerprint density at radius 3 is 2.37 bits per heavy atom. The summed E-state index contributed by atoms with van der Waals surface area (Å²) in [7, 11) is -2.44. The molecule has 0 saturated heterocycles. The van der Waals surface area contributed by atoms with Crippen molar-refractivity contribution in [2.24, 2.45) is 0 Å². The fourth-order valence-electron chi connectivity index (χ4n) is 2.83. The molecule has 0 spiro atoms. The molecule has 2 rings (SSSR count). The topological polar surface area (TPSA) is 63.6 Å². The number of hydrogen-bond donors (Lipinski definition) is 1. The van der Waals surface area contributed by atoms with Gasteiger partial charge < -0.3 is 4.74 Å². The van der Waals surface area contributed by atoms with Crippen LogP contribution in [0, 0.1) is 6.92 Å². The molecule has 1 aromatic rings. The van der Waals surface area contributed by atoms with Gasteiger partial charge in [-0.2, -0.15) is 8.42 Å². The zero-order valence-electron chi connectivity index (χ0n) is 11.3. The van der Waals surface area contributed by atoms with Crippen molar-refractivity contribution in [3.63, 3.8) is 0 Å². The lowest BCUT2D eigenvalue weighted by molar-refractivity contribution is 0.0656. The van der Waals surface area contributed by atoms with Gasteiger partial charge in [0.05, 0.1) is 11.0 Å². The highest BCUT2D eigenvalue weighted by Gasteiger charge is 2.27. The van der Waals surface area contributed by atoms with Crippen molar-refractivity contribution in [1.29, 1.82) is 0 Å². The van der Waals surface area contributed by atoms with E-state index in [1.54, 1.807) is 13.2 Å². The number of rotatable bonds is 3. The van der Waals surface area contributed by atoms with E-state index in [0.717, 1.165) is 36.8 Å². The lowest BCUT2D eigenvalue weighted by atomic mass is 9.82. The average Bonchev–Trinajstić information content (AvgIpc) is 2.37. The van der Waals surface area contributed by atoms with E-state index in [2.05, 4.69) is 0 Å². The number of hydrogen-bond acceptors (Lipinski definition) is 3. The molecule has 0 atom stereocenters. The molecule has 1 N–H and O–H groups in total. The summed E-state index contributed by atoms with van der Waals surface area (Å²) in [4.78, 5) is 0.0546. The minimum Gasteiger partial charge on any atom is -0.381 e. The first kappa shape index (κ1) is 14.5. The Hall–Kier alpha value is -0.910. The summed E-state index contributed by atoms with van der Waals surface area (Å²) in [6.07, 6.45) is 3.92. The van der Waals surface area contributed by atoms with Crippen LogP contribution in [0.2, 0.25) is 0 Å². The van der Waals surface area contributed by atoms with Crippen LogP contribution in [-0.2, 0) is 14.9 Å². The molecular formula is C14H20O4S. The molecule has 0 heterocycles. The fourth-order valence-corrected chi connectivity index (χ4v) is 3.59. The third-order valence-corrected chi connectivity index (χ3v) is 4.82. The van der Waals surface area contributed by atoms with E-state index in [1.165, 1.54) is 6.07 Å². The molecule has 0 aliphatic heterocycles. The van der Waals surface area contributed by atoms with E-state index >= 15 is 0 Å². The highest BCUT2D eigenvalue weighted by atomic mass is 32.2. The van der Waals surface area contributed by atoms with Gasteiger partial charge in [-0.15, -0.1) is 0 Å². The Bertz CT molecular complexity index is 543. The zero-order chi connectivity index (χ0) is 14.0. The van der Waals surface area contributed by atoms with Crippen LogP contribution in [0.15, 0.2) is 23.1 Å². The maximum absolute atomic E-state index is 11.5. The monoisotopic (exact) mass is 284 g/mol. The Labute approximate surface area is 114 Å². The maximum Gasteiger partial charge on any atom is 0.294 e. The van der Waals surface area contributed by atoms with Crippen LogP contribution in [-0.4, -0.2) is 26.2 Å². The minimum atomic E-state index is -4.15. The van der Waals surface area contributed by atoms with Crippen molar-refractivity contribution in [1.82, 2.24) is 0 Å². The van der Waals surface area contributed by atoms with Crippen LogP contribution in [0.25, 0.3) is 0 Å². The molecule has 1 fully saturated rings. The van der Waals surface area contributed by atoms with Crippen LogP contribution in [0.3, 0.4) is 0 Å². The Kier molecular flexibility index (Phi) is 4.28. The molecule has 0 radical (unpaired) electrons. The summed E-state index contributed by atoms with van der Waals surface area (Å²) < 4.78 is 37.6. The van der Waals surface area contributed by atoms with Gasteiger partial charge in [0.2, 0.25) is 0 Å². The van der Waals surface area contributed by atoms with E-state index in [1.807, 2.05) is 13.0 Å². The molecule has 1 saturated carbocycles. The van der Waals surface area contributed by atoms with Gasteiger partial charge in [-0.1, -0.05) is 17.7 Å². The molecule has 0 amide bonds. The first-order valence-corrected chi connectivity index (χ1v) is 7.96. The van der Waals surface area contributed by atoms with Crippen LogP contribution < -0.4 is 0 Å². The highest BCUT2D eigenvalue weighted by molar-refractivity contribution is 7.85. The predicted octanol–water partition coefficient (Wildman–Crippen LogP) is 2.91. The number of aryl methyl sites for hydroxylation is 1. The molecule has 0 bridgehead atoms. The molecular weight excluding hydrogens is 264 g/mol. The second-order valence-corrected chi connectivity index (χ2v) is 6.62. The smallest absolute Gasteiger partial charge is 0.294 e. The molecule has 5 heteroatoms. The van der Waals surface area contributed by atoms with Crippen LogP contribution in [0.5, 0.6) is 0 Å². The van der Waals surface area contributed by atoms with Gasteiger partial charge >= 0.3 is 0 Å². The van der Waals surface area contributed by atoms with Crippen LogP contribution in [0.4, 0.5) is 0 Å². The van der Waals surface area contributed by atoms with Gasteiger partial charge in [0.1, 0.15) is 0 Å². The summed E-state index contributed by atoms with van der Waals surface area (Å²) in [5.41, 5.74) is 1.76. The standard InChI is InChI=1S/C14H20O4S/c1-10-3-8-14(19(15,16)17)13(9-10)11-4-6-12(18-2)7-5-11/h3,8-9,11-12H,4-7H2,1-2H3,(H,15,16,17)/t11-,12+. The molecule has 1 aliphatic carbocycles. The number of benzene rings is 1. The molecule has 0 unspecified atom stereocenters. The quantitative estimate of drug-likeness (QED) is 0.867. The third-order valence-electron chi connectivity index (χ3n) is 3.89. The maximum atomic E-state index is 11.5. The van der Waals surface area contributed by atoms with Crippen molar-refractivity contribution in [2.45, 2.75) is 49.5 Å². The van der Waals surface area contributed by atoms with Crippen LogP contribution >= 0.6 is 0 Å². The van der Waals surface area contributed by atoms with Gasteiger partial charge in [-0.3, -0.25) is 4.55 Å². The van der Waals surface area contributed by atoms with Crippen molar-refractivity contribution in [3.05, 3.63) is 29.3 Å². The second kappa shape index (κ2) is 5.61. The van der Waals surface area contributed by atoms with Gasteiger partial charge in [0.15, 0.2) is 0 Å². The van der Waals surface area contributed by atoms with Crippen molar-refractivity contribution >= 4 is 10.1 Å². The molecule has 1 aliphatic rings. The van der Waals surface area contributed by atoms with Crippen molar-refractivity contribution in [3.8, 4) is 0 Å². The highest BCUT2D eigenvalue weighted by Crippen LogP contribution is 2.37. The van der Waals surface area contributed by atoms with Gasteiger partial charge in [-0.05, 0) is 50.2 Å². The first-order valence-electron chi connectivity index (χ1n) is 6.52. The normalized spacial score (nSPS) is 24.4. The Balaban J connectivity index is 2.32. The molecule has 106 valence electrons. The van der Waals surface area contributed by atoms with E-state index in [9.17, 15) is 13.0 Å². The molecule has 4 nitrogen and oxygen atoms in total. The van der Waals surface area contributed by atoms with Gasteiger partial charge in [-0.25, -0.2) is 0 Å². The summed E-state index contributed by atoms with van der Waals surface area (Å²) in [5.74, 6) is 0.184. The minimum absolute atomic E-state index is 0.0546. The molecule has 1 aromatic carbocycles. The summed E-state index contributed by atoms with van der Waals surface area (Å²) in [6.45, 7) is 1.93. The number of ether oxygens (including phenoxy) is 1. The predicted molar refractivity (Wildman–Crippen MR) is 73.0 cm³/mol. The van der Waals surface area contributed by atoms with Gasteiger partial charge in [0.25, 0.3) is 10.1 Å². The Morgan fingerprint density at radius 2 is 1.84 bits per heavy atom. The third kappa shape index (κ3) is 3.35. The lowest BCUT2D eigenvalue weighted by Gasteiger charge is -2.28. The largest absolute Gasteiger partial charge is 0.381 e. The van der Waals surface area contributed by atoms with E-state index in [0.29, 0.717) is 0 Å². The first-order chi connectivity index (χ1) is 8.91. The summed E-state index contributed by atoms with van der Waals surface area (Å²) in [5, 5.41) is 0. The van der Waals surface area contributed by atoms with Crippen molar-refractivity contribution < 1.29 is 17.7 Å². The van der Waals surface area contributed by atoms with E-state index in [-0.39, 0.29) is 16.9 Å².